The Bertz CT molecular complexity index is 424. The minimum Gasteiger partial charge on any atom is -0.325 e. The Morgan fingerprint density at radius 2 is 1.79 bits per heavy atom. The molecule has 1 aromatic heterocycles. The van der Waals surface area contributed by atoms with E-state index in [-0.39, 0.29) is 5.54 Å². The summed E-state index contributed by atoms with van der Waals surface area (Å²) in [5.41, 5.74) is 8.80. The van der Waals surface area contributed by atoms with E-state index in [1.807, 2.05) is 0 Å². The molecule has 5 rings (SSSR count). The van der Waals surface area contributed by atoms with Crippen molar-refractivity contribution in [3.63, 3.8) is 0 Å². The van der Waals surface area contributed by atoms with Gasteiger partial charge in [0.2, 0.25) is 0 Å². The molecule has 4 bridgehead atoms. The van der Waals surface area contributed by atoms with E-state index >= 15 is 0 Å². The van der Waals surface area contributed by atoms with Gasteiger partial charge < -0.3 is 5.73 Å². The summed E-state index contributed by atoms with van der Waals surface area (Å²) in [7, 11) is 0. The molecule has 0 radical (unpaired) electrons. The maximum absolute atomic E-state index is 6.91. The molecule has 4 aliphatic carbocycles. The average Bonchev–Trinajstić information content (AvgIpc) is 2.78. The lowest BCUT2D eigenvalue weighted by atomic mass is 9.44. The van der Waals surface area contributed by atoms with Gasteiger partial charge in [-0.3, -0.25) is 0 Å². The van der Waals surface area contributed by atoms with E-state index < -0.39 is 0 Å². The minimum atomic E-state index is -0.00984. The van der Waals surface area contributed by atoms with Gasteiger partial charge >= 0.3 is 0 Å². The summed E-state index contributed by atoms with van der Waals surface area (Å²) >= 11 is 1.80. The summed E-state index contributed by atoms with van der Waals surface area (Å²) in [4.78, 5) is 0. The van der Waals surface area contributed by atoms with Gasteiger partial charge in [-0.2, -0.15) is 11.3 Å². The monoisotopic (exact) mass is 275 g/mol. The summed E-state index contributed by atoms with van der Waals surface area (Å²) in [5.74, 6) is 2.99. The van der Waals surface area contributed by atoms with Gasteiger partial charge in [-0.05, 0) is 97.4 Å². The van der Waals surface area contributed by atoms with Gasteiger partial charge in [0.05, 0.1) is 0 Å². The minimum absolute atomic E-state index is 0.00984. The van der Waals surface area contributed by atoms with E-state index in [1.165, 1.54) is 44.1 Å². The molecule has 0 aliphatic heterocycles. The first-order valence-corrected chi connectivity index (χ1v) is 8.81. The van der Waals surface area contributed by atoms with Crippen molar-refractivity contribution in [2.24, 2.45) is 28.9 Å². The van der Waals surface area contributed by atoms with Crippen LogP contribution in [0.25, 0.3) is 0 Å². The normalized spacial score (nSPS) is 43.4. The first-order chi connectivity index (χ1) is 9.06. The molecule has 0 amide bonds. The van der Waals surface area contributed by atoms with Crippen LogP contribution >= 0.6 is 11.3 Å². The SMILES string of the molecule is CC(N)(Cc1ccsc1)C12CC3CC(CC(C3)C1)C2. The Labute approximate surface area is 120 Å². The second-order valence-corrected chi connectivity index (χ2v) is 8.70. The number of nitrogens with two attached hydrogens (primary N) is 1. The molecule has 2 heteroatoms. The molecule has 104 valence electrons. The first-order valence-electron chi connectivity index (χ1n) is 7.86. The van der Waals surface area contributed by atoms with Crippen LogP contribution in [0.3, 0.4) is 0 Å². The zero-order valence-corrected chi connectivity index (χ0v) is 12.7. The van der Waals surface area contributed by atoms with Crippen molar-refractivity contribution in [3.8, 4) is 0 Å². The van der Waals surface area contributed by atoms with Gasteiger partial charge in [-0.15, -0.1) is 0 Å². The van der Waals surface area contributed by atoms with Crippen molar-refractivity contribution in [3.05, 3.63) is 22.4 Å². The van der Waals surface area contributed by atoms with Crippen molar-refractivity contribution >= 4 is 11.3 Å². The average molecular weight is 275 g/mol. The molecule has 1 aromatic rings. The highest BCUT2D eigenvalue weighted by molar-refractivity contribution is 7.07. The summed E-state index contributed by atoms with van der Waals surface area (Å²) < 4.78 is 0. The van der Waals surface area contributed by atoms with Crippen molar-refractivity contribution in [1.29, 1.82) is 0 Å². The molecule has 4 fully saturated rings. The van der Waals surface area contributed by atoms with E-state index in [0.717, 1.165) is 24.2 Å². The second kappa shape index (κ2) is 4.08. The lowest BCUT2D eigenvalue weighted by molar-refractivity contribution is -0.0929. The molecule has 1 heterocycles. The van der Waals surface area contributed by atoms with Gasteiger partial charge in [0.15, 0.2) is 0 Å². The fourth-order valence-electron chi connectivity index (χ4n) is 5.81. The zero-order chi connectivity index (χ0) is 13.1. The van der Waals surface area contributed by atoms with Crippen molar-refractivity contribution in [2.75, 3.05) is 0 Å². The number of thiophene rings is 1. The molecule has 2 N–H and O–H groups in total. The second-order valence-electron chi connectivity index (χ2n) is 7.92. The van der Waals surface area contributed by atoms with Gasteiger partial charge in [-0.1, -0.05) is 0 Å². The molecular weight excluding hydrogens is 250 g/mol. The van der Waals surface area contributed by atoms with E-state index in [2.05, 4.69) is 23.8 Å². The van der Waals surface area contributed by atoms with Crippen molar-refractivity contribution in [1.82, 2.24) is 0 Å². The van der Waals surface area contributed by atoms with Crippen LogP contribution in [0.4, 0.5) is 0 Å². The largest absolute Gasteiger partial charge is 0.325 e. The molecule has 0 aromatic carbocycles. The number of rotatable bonds is 3. The maximum atomic E-state index is 6.91. The van der Waals surface area contributed by atoms with Crippen LogP contribution in [-0.4, -0.2) is 5.54 Å². The molecule has 0 spiro atoms. The number of hydrogen-bond donors (Lipinski definition) is 1. The summed E-state index contributed by atoms with van der Waals surface area (Å²) in [6.45, 7) is 2.35. The quantitative estimate of drug-likeness (QED) is 0.878. The fourth-order valence-corrected chi connectivity index (χ4v) is 6.48. The molecule has 19 heavy (non-hydrogen) atoms. The van der Waals surface area contributed by atoms with E-state index in [4.69, 9.17) is 5.73 Å². The zero-order valence-electron chi connectivity index (χ0n) is 11.9. The molecule has 1 nitrogen and oxygen atoms in total. The van der Waals surface area contributed by atoms with E-state index in [9.17, 15) is 0 Å². The first kappa shape index (κ1) is 12.4. The van der Waals surface area contributed by atoms with E-state index in [1.54, 1.807) is 11.3 Å². The molecule has 4 aliphatic rings. The predicted octanol–water partition coefficient (Wildman–Crippen LogP) is 4.22. The summed E-state index contributed by atoms with van der Waals surface area (Å²) in [6, 6.07) is 2.26. The third kappa shape index (κ3) is 1.91. The van der Waals surface area contributed by atoms with Gasteiger partial charge in [-0.25, -0.2) is 0 Å². The molecule has 4 saturated carbocycles. The van der Waals surface area contributed by atoms with Crippen LogP contribution < -0.4 is 5.73 Å². The Morgan fingerprint density at radius 1 is 1.21 bits per heavy atom. The molecule has 1 unspecified atom stereocenters. The van der Waals surface area contributed by atoms with Gasteiger partial charge in [0, 0.05) is 5.54 Å². The van der Waals surface area contributed by atoms with Crippen LogP contribution in [-0.2, 0) is 6.42 Å². The highest BCUT2D eigenvalue weighted by Crippen LogP contribution is 2.63. The van der Waals surface area contributed by atoms with Gasteiger partial charge in [0.25, 0.3) is 0 Å². The molecule has 0 saturated heterocycles. The topological polar surface area (TPSA) is 26.0 Å². The summed E-state index contributed by atoms with van der Waals surface area (Å²) in [6.07, 6.45) is 9.83. The van der Waals surface area contributed by atoms with Crippen LogP contribution in [0.5, 0.6) is 0 Å². The Balaban J connectivity index is 1.63. The van der Waals surface area contributed by atoms with Crippen molar-refractivity contribution in [2.45, 2.75) is 57.4 Å². The third-order valence-corrected chi connectivity index (χ3v) is 7.13. The molecular formula is C17H25NS. The Hall–Kier alpha value is -0.340. The van der Waals surface area contributed by atoms with Crippen LogP contribution in [0, 0.1) is 23.2 Å². The highest BCUT2D eigenvalue weighted by Gasteiger charge is 2.57. The number of hydrogen-bond acceptors (Lipinski definition) is 2. The lowest BCUT2D eigenvalue weighted by Crippen LogP contribution is -2.62. The third-order valence-electron chi connectivity index (χ3n) is 6.40. The Kier molecular flexibility index (Phi) is 2.66. The standard InChI is InChI=1S/C17H25NS/c1-16(18,7-12-2-3-19-11-12)17-8-13-4-14(9-17)6-15(5-13)10-17/h2-3,11,13-15H,4-10,18H2,1H3. The molecule has 1 atom stereocenters. The smallest absolute Gasteiger partial charge is 0.0224 e. The maximum Gasteiger partial charge on any atom is 0.0224 e. The Morgan fingerprint density at radius 3 is 2.26 bits per heavy atom. The highest BCUT2D eigenvalue weighted by atomic mass is 32.1. The predicted molar refractivity (Wildman–Crippen MR) is 81.2 cm³/mol. The fraction of sp³-hybridized carbons (Fsp3) is 0.765. The lowest BCUT2D eigenvalue weighted by Gasteiger charge is -2.62. The van der Waals surface area contributed by atoms with Crippen LogP contribution in [0.2, 0.25) is 0 Å². The van der Waals surface area contributed by atoms with E-state index in [0.29, 0.717) is 5.41 Å². The van der Waals surface area contributed by atoms with Crippen LogP contribution in [0.15, 0.2) is 16.8 Å². The summed E-state index contributed by atoms with van der Waals surface area (Å²) in [5, 5.41) is 4.47. The van der Waals surface area contributed by atoms with Crippen molar-refractivity contribution < 1.29 is 0 Å². The van der Waals surface area contributed by atoms with Gasteiger partial charge in [0.1, 0.15) is 0 Å². The van der Waals surface area contributed by atoms with Crippen LogP contribution in [0.1, 0.15) is 51.0 Å².